The molecular weight excluding hydrogens is 292 g/mol. The lowest BCUT2D eigenvalue weighted by atomic mass is 10.2. The lowest BCUT2D eigenvalue weighted by Crippen LogP contribution is -1.96. The number of halogens is 1. The molecule has 2 aromatic heterocycles. The quantitative estimate of drug-likeness (QED) is 0.674. The molecule has 88 valence electrons. The van der Waals surface area contributed by atoms with Crippen LogP contribution in [-0.4, -0.2) is 24.8 Å². The predicted octanol–water partition coefficient (Wildman–Crippen LogP) is 1.86. The number of aromatic hydroxyl groups is 1. The topological polar surface area (TPSA) is 94.1 Å². The van der Waals surface area contributed by atoms with E-state index in [2.05, 4.69) is 26.0 Å². The van der Waals surface area contributed by atoms with Crippen molar-refractivity contribution >= 4 is 21.6 Å². The molecule has 0 amide bonds. The Kier molecular flexibility index (Phi) is 2.80. The van der Waals surface area contributed by atoms with Crippen molar-refractivity contribution < 1.29 is 10.0 Å². The first-order valence-corrected chi connectivity index (χ1v) is 5.31. The van der Waals surface area contributed by atoms with Crippen LogP contribution in [0.5, 0.6) is 5.88 Å². The van der Waals surface area contributed by atoms with Gasteiger partial charge >= 0.3 is 0 Å². The second-order valence-corrected chi connectivity index (χ2v) is 4.14. The molecule has 0 saturated heterocycles. The molecule has 17 heavy (non-hydrogen) atoms. The Labute approximate surface area is 104 Å². The molecule has 0 aromatic carbocycles. The van der Waals surface area contributed by atoms with E-state index in [9.17, 15) is 15.2 Å². The van der Waals surface area contributed by atoms with Crippen molar-refractivity contribution in [2.75, 3.05) is 0 Å². The van der Waals surface area contributed by atoms with Crippen LogP contribution in [0.3, 0.4) is 0 Å². The summed E-state index contributed by atoms with van der Waals surface area (Å²) in [5.74, 6) is -0.278. The Hall–Kier alpha value is -1.96. The third-order valence-corrected chi connectivity index (χ3v) is 2.79. The third kappa shape index (κ3) is 1.98. The van der Waals surface area contributed by atoms with Crippen LogP contribution in [0.1, 0.15) is 0 Å². The van der Waals surface area contributed by atoms with Crippen molar-refractivity contribution in [2.45, 2.75) is 0 Å². The van der Waals surface area contributed by atoms with Crippen molar-refractivity contribution in [1.29, 1.82) is 0 Å². The molecule has 0 aliphatic heterocycles. The number of nitro groups is 1. The summed E-state index contributed by atoms with van der Waals surface area (Å²) in [5, 5.41) is 24.3. The first kappa shape index (κ1) is 11.5. The van der Waals surface area contributed by atoms with Gasteiger partial charge < -0.3 is 5.11 Å². The molecule has 0 spiro atoms. The average molecular weight is 299 g/mol. The van der Waals surface area contributed by atoms with Crippen LogP contribution in [0.15, 0.2) is 22.9 Å². The molecule has 0 saturated carbocycles. The van der Waals surface area contributed by atoms with Crippen LogP contribution in [-0.2, 0) is 7.05 Å². The van der Waals surface area contributed by atoms with Crippen LogP contribution in [0.4, 0.5) is 5.69 Å². The number of aromatic nitrogens is 3. The number of hydrogen-bond acceptors (Lipinski definition) is 5. The van der Waals surface area contributed by atoms with Crippen molar-refractivity contribution in [3.63, 3.8) is 0 Å². The Morgan fingerprint density at radius 1 is 1.53 bits per heavy atom. The van der Waals surface area contributed by atoms with E-state index in [-0.39, 0.29) is 17.1 Å². The van der Waals surface area contributed by atoms with Gasteiger partial charge in [0.2, 0.25) is 5.88 Å². The minimum absolute atomic E-state index is 0.189. The van der Waals surface area contributed by atoms with Crippen LogP contribution < -0.4 is 0 Å². The average Bonchev–Trinajstić information content (AvgIpc) is 2.59. The van der Waals surface area contributed by atoms with Crippen LogP contribution in [0.2, 0.25) is 0 Å². The zero-order chi connectivity index (χ0) is 12.6. The summed E-state index contributed by atoms with van der Waals surface area (Å²) in [5.41, 5.74) is 0.593. The van der Waals surface area contributed by atoms with Gasteiger partial charge in [0.05, 0.1) is 26.9 Å². The predicted molar refractivity (Wildman–Crippen MR) is 62.5 cm³/mol. The molecule has 0 radical (unpaired) electrons. The van der Waals surface area contributed by atoms with Gasteiger partial charge in [-0.15, -0.1) is 0 Å². The standard InChI is InChI=1S/C9H7BrN4O3/c1-13-8(7(10)4-12-13)6-2-5(14(16)17)3-11-9(6)15/h2-4H,1H3,(H,11,15). The molecule has 2 heterocycles. The smallest absolute Gasteiger partial charge is 0.288 e. The lowest BCUT2D eigenvalue weighted by molar-refractivity contribution is -0.385. The molecule has 0 aliphatic rings. The number of nitrogens with zero attached hydrogens (tertiary/aromatic N) is 4. The summed E-state index contributed by atoms with van der Waals surface area (Å²) in [6.45, 7) is 0. The van der Waals surface area contributed by atoms with E-state index in [1.54, 1.807) is 7.05 Å². The van der Waals surface area contributed by atoms with E-state index in [1.807, 2.05) is 0 Å². The summed E-state index contributed by atoms with van der Waals surface area (Å²) in [4.78, 5) is 13.7. The molecule has 2 rings (SSSR count). The van der Waals surface area contributed by atoms with Crippen molar-refractivity contribution in [1.82, 2.24) is 14.8 Å². The van der Waals surface area contributed by atoms with Crippen LogP contribution in [0.25, 0.3) is 11.3 Å². The van der Waals surface area contributed by atoms with Gasteiger partial charge in [0.15, 0.2) is 0 Å². The molecule has 2 aromatic rings. The number of pyridine rings is 1. The van der Waals surface area contributed by atoms with Gasteiger partial charge in [0.25, 0.3) is 5.69 Å². The van der Waals surface area contributed by atoms with Gasteiger partial charge in [-0.3, -0.25) is 14.8 Å². The maximum absolute atomic E-state index is 10.7. The molecule has 8 heteroatoms. The van der Waals surface area contributed by atoms with Gasteiger partial charge in [-0.2, -0.15) is 5.10 Å². The fourth-order valence-electron chi connectivity index (χ4n) is 1.43. The highest BCUT2D eigenvalue weighted by Crippen LogP contribution is 2.34. The summed E-state index contributed by atoms with van der Waals surface area (Å²) < 4.78 is 2.11. The van der Waals surface area contributed by atoms with E-state index >= 15 is 0 Å². The van der Waals surface area contributed by atoms with E-state index < -0.39 is 4.92 Å². The van der Waals surface area contributed by atoms with Gasteiger partial charge in [0.1, 0.15) is 6.20 Å². The molecule has 0 unspecified atom stereocenters. The monoisotopic (exact) mass is 298 g/mol. The Morgan fingerprint density at radius 2 is 2.24 bits per heavy atom. The molecule has 0 bridgehead atoms. The lowest BCUT2D eigenvalue weighted by Gasteiger charge is -2.04. The van der Waals surface area contributed by atoms with Crippen molar-refractivity contribution in [3.05, 3.63) is 33.0 Å². The fourth-order valence-corrected chi connectivity index (χ4v) is 2.00. The van der Waals surface area contributed by atoms with Gasteiger partial charge in [-0.1, -0.05) is 0 Å². The summed E-state index contributed by atoms with van der Waals surface area (Å²) in [6, 6.07) is 1.25. The Balaban J connectivity index is 2.66. The van der Waals surface area contributed by atoms with Crippen molar-refractivity contribution in [2.24, 2.45) is 7.05 Å². The minimum Gasteiger partial charge on any atom is -0.493 e. The van der Waals surface area contributed by atoms with Gasteiger partial charge in [-0.05, 0) is 15.9 Å². The molecule has 0 atom stereocenters. The van der Waals surface area contributed by atoms with Crippen molar-refractivity contribution in [3.8, 4) is 17.1 Å². The normalized spacial score (nSPS) is 10.5. The highest BCUT2D eigenvalue weighted by atomic mass is 79.9. The third-order valence-electron chi connectivity index (χ3n) is 2.21. The first-order valence-electron chi connectivity index (χ1n) is 4.52. The largest absolute Gasteiger partial charge is 0.493 e. The second-order valence-electron chi connectivity index (χ2n) is 3.29. The zero-order valence-corrected chi connectivity index (χ0v) is 10.2. The van der Waals surface area contributed by atoms with E-state index in [0.717, 1.165) is 6.20 Å². The fraction of sp³-hybridized carbons (Fsp3) is 0.111. The Bertz CT molecular complexity index is 576. The number of aryl methyl sites for hydroxylation is 1. The highest BCUT2D eigenvalue weighted by molar-refractivity contribution is 9.10. The minimum atomic E-state index is -0.569. The molecule has 0 fully saturated rings. The van der Waals surface area contributed by atoms with Crippen LogP contribution >= 0.6 is 15.9 Å². The number of hydrogen-bond donors (Lipinski definition) is 1. The second kappa shape index (κ2) is 4.13. The number of rotatable bonds is 2. The molecular formula is C9H7BrN4O3. The molecule has 0 aliphatic carbocycles. The molecule has 1 N–H and O–H groups in total. The maximum atomic E-state index is 10.7. The van der Waals surface area contributed by atoms with Gasteiger partial charge in [0, 0.05) is 13.1 Å². The van der Waals surface area contributed by atoms with Crippen LogP contribution in [0, 0.1) is 10.1 Å². The Morgan fingerprint density at radius 3 is 2.76 bits per heavy atom. The summed E-state index contributed by atoms with van der Waals surface area (Å²) in [6.07, 6.45) is 2.54. The first-order chi connectivity index (χ1) is 8.00. The van der Waals surface area contributed by atoms with E-state index in [1.165, 1.54) is 16.9 Å². The maximum Gasteiger partial charge on any atom is 0.288 e. The molecule has 7 nitrogen and oxygen atoms in total. The van der Waals surface area contributed by atoms with Gasteiger partial charge in [-0.25, -0.2) is 4.98 Å². The summed E-state index contributed by atoms with van der Waals surface area (Å²) >= 11 is 3.26. The zero-order valence-electron chi connectivity index (χ0n) is 8.66. The highest BCUT2D eigenvalue weighted by Gasteiger charge is 2.18. The summed E-state index contributed by atoms with van der Waals surface area (Å²) in [7, 11) is 1.67. The SMILES string of the molecule is Cn1ncc(Br)c1-c1cc([N+](=O)[O-])cnc1O. The van der Waals surface area contributed by atoms with E-state index in [4.69, 9.17) is 0 Å². The van der Waals surface area contributed by atoms with E-state index in [0.29, 0.717) is 10.2 Å².